The van der Waals surface area contributed by atoms with Crippen LogP contribution in [0.15, 0.2) is 30.3 Å². The largest absolute Gasteiger partial charge is 0.481 e. The van der Waals surface area contributed by atoms with Crippen molar-refractivity contribution in [2.24, 2.45) is 0 Å². The average Bonchev–Trinajstić information content (AvgIpc) is 2.37. The van der Waals surface area contributed by atoms with Gasteiger partial charge in [0.25, 0.3) is 0 Å². The highest BCUT2D eigenvalue weighted by Crippen LogP contribution is 2.24. The van der Waals surface area contributed by atoms with Crippen LogP contribution in [-0.2, 0) is 9.59 Å². The van der Waals surface area contributed by atoms with Crippen molar-refractivity contribution in [1.29, 1.82) is 0 Å². The van der Waals surface area contributed by atoms with Crippen molar-refractivity contribution in [3.8, 4) is 0 Å². The Balaban J connectivity index is 2.74. The normalized spacial score (nSPS) is 12.1. The first-order valence-corrected chi connectivity index (χ1v) is 6.44. The lowest BCUT2D eigenvalue weighted by Crippen LogP contribution is -2.14. The quantitative estimate of drug-likeness (QED) is 0.767. The first-order chi connectivity index (χ1) is 8.65. The molecule has 1 aromatic rings. The number of unbranched alkanes of at least 4 members (excludes halogenated alkanes) is 1. The van der Waals surface area contributed by atoms with Gasteiger partial charge in [-0.2, -0.15) is 0 Å². The SMILES string of the molecule is CCCCC(=O)C(CCC(=O)O)c1ccccc1. The molecule has 18 heavy (non-hydrogen) atoms. The van der Waals surface area contributed by atoms with Gasteiger partial charge in [-0.25, -0.2) is 0 Å². The molecule has 0 aromatic heterocycles. The predicted molar refractivity (Wildman–Crippen MR) is 70.6 cm³/mol. The molecule has 1 atom stereocenters. The fourth-order valence-electron chi connectivity index (χ4n) is 1.99. The summed E-state index contributed by atoms with van der Waals surface area (Å²) in [6, 6.07) is 9.47. The molecule has 3 heteroatoms. The minimum atomic E-state index is -0.848. The van der Waals surface area contributed by atoms with Crippen LogP contribution in [0.1, 0.15) is 50.5 Å². The zero-order valence-electron chi connectivity index (χ0n) is 10.8. The van der Waals surface area contributed by atoms with E-state index in [1.54, 1.807) is 0 Å². The molecule has 0 spiro atoms. The van der Waals surface area contributed by atoms with Gasteiger partial charge in [0, 0.05) is 18.8 Å². The van der Waals surface area contributed by atoms with Crippen molar-refractivity contribution in [2.75, 3.05) is 0 Å². The zero-order chi connectivity index (χ0) is 13.4. The maximum absolute atomic E-state index is 12.1. The molecule has 0 fully saturated rings. The Labute approximate surface area is 108 Å². The summed E-state index contributed by atoms with van der Waals surface area (Å²) >= 11 is 0. The molecule has 98 valence electrons. The molecule has 0 radical (unpaired) electrons. The van der Waals surface area contributed by atoms with E-state index in [2.05, 4.69) is 0 Å². The van der Waals surface area contributed by atoms with E-state index in [0.717, 1.165) is 18.4 Å². The van der Waals surface area contributed by atoms with E-state index in [0.29, 0.717) is 12.8 Å². The van der Waals surface area contributed by atoms with E-state index in [4.69, 9.17) is 5.11 Å². The summed E-state index contributed by atoms with van der Waals surface area (Å²) in [6.07, 6.45) is 2.82. The van der Waals surface area contributed by atoms with E-state index >= 15 is 0 Å². The number of carbonyl (C=O) groups is 2. The lowest BCUT2D eigenvalue weighted by atomic mass is 9.88. The van der Waals surface area contributed by atoms with Gasteiger partial charge in [0.15, 0.2) is 0 Å². The van der Waals surface area contributed by atoms with Gasteiger partial charge in [-0.15, -0.1) is 0 Å². The van der Waals surface area contributed by atoms with Crippen molar-refractivity contribution in [3.63, 3.8) is 0 Å². The van der Waals surface area contributed by atoms with Crippen LogP contribution in [0.5, 0.6) is 0 Å². The number of hydrogen-bond donors (Lipinski definition) is 1. The molecule has 1 N–H and O–H groups in total. The number of ketones is 1. The van der Waals surface area contributed by atoms with Crippen LogP contribution in [0.2, 0.25) is 0 Å². The Bertz CT molecular complexity index is 384. The van der Waals surface area contributed by atoms with Crippen LogP contribution in [0.3, 0.4) is 0 Å². The van der Waals surface area contributed by atoms with E-state index < -0.39 is 5.97 Å². The number of Topliss-reactive ketones (excluding diaryl/α,β-unsaturated/α-hetero) is 1. The molecule has 0 aliphatic carbocycles. The van der Waals surface area contributed by atoms with E-state index in [9.17, 15) is 9.59 Å². The standard InChI is InChI=1S/C15H20O3/c1-2-3-9-14(16)13(10-11-15(17)18)12-7-5-4-6-8-12/h4-8,13H,2-3,9-11H2,1H3,(H,17,18). The average molecular weight is 248 g/mol. The zero-order valence-corrected chi connectivity index (χ0v) is 10.8. The maximum Gasteiger partial charge on any atom is 0.303 e. The molecular formula is C15H20O3. The molecule has 0 heterocycles. The number of aliphatic carboxylic acids is 1. The minimum absolute atomic E-state index is 0.0391. The summed E-state index contributed by atoms with van der Waals surface area (Å²) in [6.45, 7) is 2.04. The Morgan fingerprint density at radius 3 is 2.39 bits per heavy atom. The molecule has 0 saturated carbocycles. The van der Waals surface area contributed by atoms with Crippen molar-refractivity contribution in [1.82, 2.24) is 0 Å². The number of hydrogen-bond acceptors (Lipinski definition) is 2. The van der Waals surface area contributed by atoms with Crippen molar-refractivity contribution >= 4 is 11.8 Å². The van der Waals surface area contributed by atoms with Crippen LogP contribution < -0.4 is 0 Å². The second-order valence-electron chi connectivity index (χ2n) is 4.47. The molecule has 0 amide bonds. The molecule has 3 nitrogen and oxygen atoms in total. The third kappa shape index (κ3) is 4.70. The summed E-state index contributed by atoms with van der Waals surface area (Å²) in [5, 5.41) is 8.76. The van der Waals surface area contributed by atoms with Crippen LogP contribution in [0, 0.1) is 0 Å². The Morgan fingerprint density at radius 2 is 1.83 bits per heavy atom. The van der Waals surface area contributed by atoms with Gasteiger partial charge in [-0.1, -0.05) is 43.7 Å². The summed E-state index contributed by atoms with van der Waals surface area (Å²) in [7, 11) is 0. The monoisotopic (exact) mass is 248 g/mol. The topological polar surface area (TPSA) is 54.4 Å². The van der Waals surface area contributed by atoms with Gasteiger partial charge in [0.05, 0.1) is 0 Å². The fraction of sp³-hybridized carbons (Fsp3) is 0.467. The Kier molecular flexibility index (Phi) is 6.12. The van der Waals surface area contributed by atoms with Crippen molar-refractivity contribution in [3.05, 3.63) is 35.9 Å². The third-order valence-electron chi connectivity index (χ3n) is 3.01. The summed E-state index contributed by atoms with van der Waals surface area (Å²) in [5.74, 6) is -0.961. The highest BCUT2D eigenvalue weighted by molar-refractivity contribution is 5.86. The van der Waals surface area contributed by atoms with E-state index in [1.807, 2.05) is 37.3 Å². The smallest absolute Gasteiger partial charge is 0.303 e. The van der Waals surface area contributed by atoms with Gasteiger partial charge in [-0.3, -0.25) is 9.59 Å². The molecule has 0 saturated heterocycles. The summed E-state index contributed by atoms with van der Waals surface area (Å²) < 4.78 is 0. The van der Waals surface area contributed by atoms with Gasteiger partial charge in [-0.05, 0) is 18.4 Å². The molecule has 0 aliphatic rings. The lowest BCUT2D eigenvalue weighted by Gasteiger charge is -2.15. The minimum Gasteiger partial charge on any atom is -0.481 e. The molecular weight excluding hydrogens is 228 g/mol. The first-order valence-electron chi connectivity index (χ1n) is 6.44. The second-order valence-corrected chi connectivity index (χ2v) is 4.47. The van der Waals surface area contributed by atoms with Crippen LogP contribution >= 0.6 is 0 Å². The molecule has 0 aliphatic heterocycles. The number of rotatable bonds is 8. The van der Waals surface area contributed by atoms with Crippen molar-refractivity contribution in [2.45, 2.75) is 44.9 Å². The fourth-order valence-corrected chi connectivity index (χ4v) is 1.99. The maximum atomic E-state index is 12.1. The van der Waals surface area contributed by atoms with Crippen LogP contribution in [-0.4, -0.2) is 16.9 Å². The van der Waals surface area contributed by atoms with E-state index in [-0.39, 0.29) is 18.1 Å². The summed E-state index contributed by atoms with van der Waals surface area (Å²) in [5.41, 5.74) is 0.930. The second kappa shape index (κ2) is 7.64. The highest BCUT2D eigenvalue weighted by Gasteiger charge is 2.20. The van der Waals surface area contributed by atoms with Crippen LogP contribution in [0.4, 0.5) is 0 Å². The Hall–Kier alpha value is -1.64. The number of carboxylic acids is 1. The third-order valence-corrected chi connectivity index (χ3v) is 3.01. The number of benzene rings is 1. The predicted octanol–water partition coefficient (Wildman–Crippen LogP) is 3.39. The van der Waals surface area contributed by atoms with E-state index in [1.165, 1.54) is 0 Å². The van der Waals surface area contributed by atoms with Gasteiger partial charge in [0.1, 0.15) is 5.78 Å². The summed E-state index contributed by atoms with van der Waals surface area (Å²) in [4.78, 5) is 22.8. The van der Waals surface area contributed by atoms with Gasteiger partial charge < -0.3 is 5.11 Å². The van der Waals surface area contributed by atoms with Crippen molar-refractivity contribution < 1.29 is 14.7 Å². The van der Waals surface area contributed by atoms with Gasteiger partial charge >= 0.3 is 5.97 Å². The lowest BCUT2D eigenvalue weighted by molar-refractivity contribution is -0.137. The molecule has 0 bridgehead atoms. The number of carbonyl (C=O) groups excluding carboxylic acids is 1. The van der Waals surface area contributed by atoms with Crippen LogP contribution in [0.25, 0.3) is 0 Å². The highest BCUT2D eigenvalue weighted by atomic mass is 16.4. The Morgan fingerprint density at radius 1 is 1.17 bits per heavy atom. The molecule has 1 aromatic carbocycles. The first kappa shape index (κ1) is 14.4. The number of carboxylic acid groups (broad SMARTS) is 1. The molecule has 1 unspecified atom stereocenters. The molecule has 1 rings (SSSR count). The van der Waals surface area contributed by atoms with Gasteiger partial charge in [0.2, 0.25) is 0 Å².